The van der Waals surface area contributed by atoms with E-state index in [0.29, 0.717) is 11.6 Å². The first-order valence-corrected chi connectivity index (χ1v) is 9.90. The second kappa shape index (κ2) is 9.13. The van der Waals surface area contributed by atoms with Crippen LogP contribution in [0.15, 0.2) is 36.4 Å². The van der Waals surface area contributed by atoms with Gasteiger partial charge in [0.15, 0.2) is 0 Å². The van der Waals surface area contributed by atoms with Crippen LogP contribution in [-0.4, -0.2) is 37.0 Å². The first-order valence-electron chi connectivity index (χ1n) is 9.52. The van der Waals surface area contributed by atoms with Gasteiger partial charge in [0.2, 0.25) is 0 Å². The lowest BCUT2D eigenvalue weighted by molar-refractivity contribution is -0.384. The summed E-state index contributed by atoms with van der Waals surface area (Å²) in [4.78, 5) is 37.6. The number of halogens is 1. The Labute approximate surface area is 178 Å². The Morgan fingerprint density at radius 2 is 1.83 bits per heavy atom. The maximum atomic E-state index is 12.7. The van der Waals surface area contributed by atoms with Crippen LogP contribution >= 0.6 is 11.6 Å². The predicted molar refractivity (Wildman–Crippen MR) is 114 cm³/mol. The minimum absolute atomic E-state index is 0.119. The number of ether oxygens (including phenoxy) is 1. The lowest BCUT2D eigenvalue weighted by atomic mass is 9.98. The van der Waals surface area contributed by atoms with Gasteiger partial charge in [-0.3, -0.25) is 14.9 Å². The molecule has 2 aromatic rings. The first kappa shape index (κ1) is 21.6. The molecule has 0 spiro atoms. The van der Waals surface area contributed by atoms with E-state index in [4.69, 9.17) is 11.6 Å². The number of nitrogens with one attached hydrogen (secondary N) is 1. The fraction of sp³-hybridized carbons (Fsp3) is 0.333. The Morgan fingerprint density at radius 1 is 1.17 bits per heavy atom. The van der Waals surface area contributed by atoms with Crippen molar-refractivity contribution >= 4 is 40.5 Å². The number of benzene rings is 2. The van der Waals surface area contributed by atoms with Gasteiger partial charge in [0, 0.05) is 24.7 Å². The van der Waals surface area contributed by atoms with Gasteiger partial charge in [-0.1, -0.05) is 18.5 Å². The summed E-state index contributed by atoms with van der Waals surface area (Å²) in [6, 6.07) is 8.75. The van der Waals surface area contributed by atoms with Crippen molar-refractivity contribution in [1.29, 1.82) is 0 Å². The molecule has 1 heterocycles. The summed E-state index contributed by atoms with van der Waals surface area (Å²) in [5.74, 6) is -0.547. The van der Waals surface area contributed by atoms with Crippen LogP contribution in [0.25, 0.3) is 0 Å². The Bertz CT molecular complexity index is 987. The van der Waals surface area contributed by atoms with Gasteiger partial charge in [-0.05, 0) is 49.1 Å². The zero-order valence-corrected chi connectivity index (χ0v) is 17.4. The van der Waals surface area contributed by atoms with Crippen LogP contribution in [-0.2, 0) is 4.74 Å². The smallest absolute Gasteiger partial charge is 0.337 e. The molecule has 158 valence electrons. The summed E-state index contributed by atoms with van der Waals surface area (Å²) in [7, 11) is 1.25. The maximum absolute atomic E-state index is 12.7. The van der Waals surface area contributed by atoms with Crippen LogP contribution in [0.3, 0.4) is 0 Å². The van der Waals surface area contributed by atoms with E-state index in [2.05, 4.69) is 17.0 Å². The maximum Gasteiger partial charge on any atom is 0.337 e. The Balaban J connectivity index is 1.85. The van der Waals surface area contributed by atoms with E-state index in [1.807, 2.05) is 4.90 Å². The third-order valence-electron chi connectivity index (χ3n) is 5.19. The van der Waals surface area contributed by atoms with Gasteiger partial charge < -0.3 is 15.0 Å². The molecule has 0 saturated carbocycles. The number of carbonyl (C=O) groups excluding carboxylic acids is 2. The van der Waals surface area contributed by atoms with Gasteiger partial charge in [-0.2, -0.15) is 0 Å². The predicted octanol–water partition coefficient (Wildman–Crippen LogP) is 4.52. The number of nitrogens with zero attached hydrogens (tertiary/aromatic N) is 2. The lowest BCUT2D eigenvalue weighted by Crippen LogP contribution is -2.33. The number of hydrogen-bond acceptors (Lipinski definition) is 6. The molecule has 1 saturated heterocycles. The number of nitro groups is 1. The highest BCUT2D eigenvalue weighted by molar-refractivity contribution is 6.34. The Hall–Kier alpha value is -3.13. The van der Waals surface area contributed by atoms with Crippen molar-refractivity contribution < 1.29 is 19.2 Å². The number of piperidine rings is 1. The van der Waals surface area contributed by atoms with Crippen LogP contribution in [0.1, 0.15) is 40.5 Å². The monoisotopic (exact) mass is 431 g/mol. The average Bonchev–Trinajstić information content (AvgIpc) is 2.74. The second-order valence-corrected chi connectivity index (χ2v) is 7.68. The van der Waals surface area contributed by atoms with E-state index in [-0.39, 0.29) is 27.5 Å². The molecule has 0 radical (unpaired) electrons. The first-order chi connectivity index (χ1) is 14.3. The molecule has 3 rings (SSSR count). The highest BCUT2D eigenvalue weighted by Gasteiger charge is 2.25. The molecular formula is C21H22ClN3O5. The summed E-state index contributed by atoms with van der Waals surface area (Å²) in [6.07, 6.45) is 1.93. The molecule has 0 bridgehead atoms. The van der Waals surface area contributed by atoms with E-state index >= 15 is 0 Å². The van der Waals surface area contributed by atoms with Gasteiger partial charge >= 0.3 is 5.97 Å². The normalized spacial score (nSPS) is 14.3. The van der Waals surface area contributed by atoms with Crippen LogP contribution in [0.5, 0.6) is 0 Å². The standard InChI is InChI=1S/C21H22ClN3O5/c1-13-7-9-24(10-8-13)18-6-4-14(12-19(18)25(28)29)20(26)23-17-11-15(21(27)30-2)3-5-16(17)22/h3-6,11-13H,7-10H2,1-2H3,(H,23,26). The lowest BCUT2D eigenvalue weighted by Gasteiger charge is -2.31. The highest BCUT2D eigenvalue weighted by Crippen LogP contribution is 2.33. The van der Waals surface area contributed by atoms with Gasteiger partial charge in [-0.15, -0.1) is 0 Å². The van der Waals surface area contributed by atoms with Gasteiger partial charge in [0.05, 0.1) is 28.3 Å². The average molecular weight is 432 g/mol. The number of carbonyl (C=O) groups is 2. The molecule has 8 nitrogen and oxygen atoms in total. The highest BCUT2D eigenvalue weighted by atomic mass is 35.5. The van der Waals surface area contributed by atoms with Crippen molar-refractivity contribution in [3.8, 4) is 0 Å². The SMILES string of the molecule is COC(=O)c1ccc(Cl)c(NC(=O)c2ccc(N3CCC(C)CC3)c([N+](=O)[O-])c2)c1. The minimum atomic E-state index is -0.571. The Morgan fingerprint density at radius 3 is 2.47 bits per heavy atom. The van der Waals surface area contributed by atoms with Crippen LogP contribution in [0, 0.1) is 16.0 Å². The third-order valence-corrected chi connectivity index (χ3v) is 5.52. The second-order valence-electron chi connectivity index (χ2n) is 7.27. The number of esters is 1. The third kappa shape index (κ3) is 4.71. The zero-order chi connectivity index (χ0) is 21.8. The van der Waals surface area contributed by atoms with Crippen LogP contribution < -0.4 is 10.2 Å². The van der Waals surface area contributed by atoms with E-state index < -0.39 is 16.8 Å². The summed E-state index contributed by atoms with van der Waals surface area (Å²) < 4.78 is 4.67. The summed E-state index contributed by atoms with van der Waals surface area (Å²) in [5.41, 5.74) is 0.940. The van der Waals surface area contributed by atoms with Crippen molar-refractivity contribution in [3.63, 3.8) is 0 Å². The van der Waals surface area contributed by atoms with Crippen molar-refractivity contribution in [1.82, 2.24) is 0 Å². The molecule has 0 atom stereocenters. The van der Waals surface area contributed by atoms with E-state index in [0.717, 1.165) is 25.9 Å². The molecular weight excluding hydrogens is 410 g/mol. The topological polar surface area (TPSA) is 102 Å². The van der Waals surface area contributed by atoms with Crippen molar-refractivity contribution in [2.75, 3.05) is 30.4 Å². The molecule has 1 amide bonds. The number of amides is 1. The molecule has 2 aromatic carbocycles. The van der Waals surface area contributed by atoms with Gasteiger partial charge in [-0.25, -0.2) is 4.79 Å². The molecule has 1 N–H and O–H groups in total. The molecule has 9 heteroatoms. The summed E-state index contributed by atoms with van der Waals surface area (Å²) in [6.45, 7) is 3.65. The van der Waals surface area contributed by atoms with E-state index in [1.54, 1.807) is 12.1 Å². The van der Waals surface area contributed by atoms with Crippen LogP contribution in [0.2, 0.25) is 5.02 Å². The molecule has 0 aliphatic carbocycles. The fourth-order valence-corrected chi connectivity index (χ4v) is 3.55. The molecule has 1 fully saturated rings. The summed E-state index contributed by atoms with van der Waals surface area (Å²) in [5, 5.41) is 14.5. The van der Waals surface area contributed by atoms with Crippen molar-refractivity contribution in [2.24, 2.45) is 5.92 Å². The van der Waals surface area contributed by atoms with Crippen molar-refractivity contribution in [2.45, 2.75) is 19.8 Å². The molecule has 30 heavy (non-hydrogen) atoms. The fourth-order valence-electron chi connectivity index (χ4n) is 3.39. The number of hydrogen-bond donors (Lipinski definition) is 1. The number of methoxy groups -OCH3 is 1. The summed E-state index contributed by atoms with van der Waals surface area (Å²) >= 11 is 6.11. The molecule has 1 aliphatic rings. The quantitative estimate of drug-likeness (QED) is 0.424. The van der Waals surface area contributed by atoms with Gasteiger partial charge in [0.1, 0.15) is 5.69 Å². The van der Waals surface area contributed by atoms with Gasteiger partial charge in [0.25, 0.3) is 11.6 Å². The minimum Gasteiger partial charge on any atom is -0.465 e. The number of anilines is 2. The zero-order valence-electron chi connectivity index (χ0n) is 16.7. The van der Waals surface area contributed by atoms with E-state index in [9.17, 15) is 19.7 Å². The Kier molecular flexibility index (Phi) is 6.56. The largest absolute Gasteiger partial charge is 0.465 e. The number of nitro benzene ring substituents is 1. The molecule has 0 unspecified atom stereocenters. The molecule has 1 aliphatic heterocycles. The van der Waals surface area contributed by atoms with Crippen LogP contribution in [0.4, 0.5) is 17.1 Å². The van der Waals surface area contributed by atoms with E-state index in [1.165, 1.54) is 31.4 Å². The number of rotatable bonds is 5. The molecule has 0 aromatic heterocycles. The van der Waals surface area contributed by atoms with Crippen molar-refractivity contribution in [3.05, 3.63) is 62.7 Å².